The van der Waals surface area contributed by atoms with Crippen molar-refractivity contribution in [3.05, 3.63) is 66.2 Å². The molecule has 1 aliphatic heterocycles. The van der Waals surface area contributed by atoms with Crippen LogP contribution in [0.1, 0.15) is 23.7 Å². The van der Waals surface area contributed by atoms with E-state index in [1.54, 1.807) is 24.3 Å². The van der Waals surface area contributed by atoms with Gasteiger partial charge in [-0.2, -0.15) is 0 Å². The fourth-order valence-electron chi connectivity index (χ4n) is 3.82. The van der Waals surface area contributed by atoms with E-state index in [9.17, 15) is 8.42 Å². The van der Waals surface area contributed by atoms with Crippen molar-refractivity contribution in [2.24, 2.45) is 0 Å². The SMILES string of the molecule is O=S(=O)(c1ccccc1)C(CCCN1CCN(CCO)CC1)c1ccccc1. The van der Waals surface area contributed by atoms with Gasteiger partial charge in [-0.15, -0.1) is 0 Å². The Bertz CT molecular complexity index is 804. The first-order valence-electron chi connectivity index (χ1n) is 10.0. The lowest BCUT2D eigenvalue weighted by atomic mass is 10.1. The summed E-state index contributed by atoms with van der Waals surface area (Å²) in [7, 11) is -3.43. The monoisotopic (exact) mass is 402 g/mol. The number of aliphatic hydroxyl groups is 1. The summed E-state index contributed by atoms with van der Waals surface area (Å²) in [5.74, 6) is 0. The molecule has 2 aromatic rings. The van der Waals surface area contributed by atoms with Crippen LogP contribution in [-0.4, -0.2) is 69.2 Å². The van der Waals surface area contributed by atoms with E-state index in [1.807, 2.05) is 36.4 Å². The highest BCUT2D eigenvalue weighted by Crippen LogP contribution is 2.32. The molecule has 1 N–H and O–H groups in total. The zero-order valence-electron chi connectivity index (χ0n) is 16.3. The molecule has 0 bridgehead atoms. The Morgan fingerprint density at radius 2 is 1.36 bits per heavy atom. The summed E-state index contributed by atoms with van der Waals surface area (Å²) < 4.78 is 26.6. The third kappa shape index (κ3) is 5.41. The smallest absolute Gasteiger partial charge is 0.185 e. The molecule has 152 valence electrons. The molecule has 1 atom stereocenters. The summed E-state index contributed by atoms with van der Waals surface area (Å²) in [4.78, 5) is 5.05. The molecule has 0 aromatic heterocycles. The van der Waals surface area contributed by atoms with Gasteiger partial charge in [-0.05, 0) is 37.1 Å². The third-order valence-electron chi connectivity index (χ3n) is 5.44. The lowest BCUT2D eigenvalue weighted by molar-refractivity contribution is 0.111. The lowest BCUT2D eigenvalue weighted by Gasteiger charge is -2.34. The molecule has 0 aliphatic carbocycles. The van der Waals surface area contributed by atoms with Gasteiger partial charge in [0.15, 0.2) is 9.84 Å². The number of piperazine rings is 1. The molecule has 2 aromatic carbocycles. The van der Waals surface area contributed by atoms with Crippen LogP contribution in [0, 0.1) is 0 Å². The van der Waals surface area contributed by atoms with E-state index in [-0.39, 0.29) is 6.61 Å². The summed E-state index contributed by atoms with van der Waals surface area (Å²) >= 11 is 0. The van der Waals surface area contributed by atoms with Crippen LogP contribution in [-0.2, 0) is 9.84 Å². The normalized spacial score (nSPS) is 17.5. The summed E-state index contributed by atoms with van der Waals surface area (Å²) in [5.41, 5.74) is 0.860. The van der Waals surface area contributed by atoms with Crippen molar-refractivity contribution >= 4 is 9.84 Å². The Balaban J connectivity index is 1.65. The minimum atomic E-state index is -3.43. The Morgan fingerprint density at radius 3 is 1.93 bits per heavy atom. The van der Waals surface area contributed by atoms with Gasteiger partial charge >= 0.3 is 0 Å². The Hall–Kier alpha value is -1.73. The van der Waals surface area contributed by atoms with Crippen molar-refractivity contribution in [3.63, 3.8) is 0 Å². The van der Waals surface area contributed by atoms with Gasteiger partial charge in [0.25, 0.3) is 0 Å². The van der Waals surface area contributed by atoms with Crippen LogP contribution in [0.3, 0.4) is 0 Å². The van der Waals surface area contributed by atoms with E-state index in [0.717, 1.165) is 51.3 Å². The van der Waals surface area contributed by atoms with Gasteiger partial charge in [-0.3, -0.25) is 4.90 Å². The number of aliphatic hydroxyl groups excluding tert-OH is 1. The van der Waals surface area contributed by atoms with Crippen molar-refractivity contribution in [2.75, 3.05) is 45.9 Å². The molecular weight excluding hydrogens is 372 g/mol. The average molecular weight is 403 g/mol. The van der Waals surface area contributed by atoms with E-state index < -0.39 is 15.1 Å². The highest BCUT2D eigenvalue weighted by Gasteiger charge is 2.29. The lowest BCUT2D eigenvalue weighted by Crippen LogP contribution is -2.47. The molecule has 3 rings (SSSR count). The van der Waals surface area contributed by atoms with Gasteiger partial charge in [-0.25, -0.2) is 8.42 Å². The standard InChI is InChI=1S/C22H30N2O3S/c25-19-18-24-16-14-23(15-17-24)13-7-12-22(20-8-3-1-4-9-20)28(26,27)21-10-5-2-6-11-21/h1-6,8-11,22,25H,7,12-19H2. The maximum atomic E-state index is 13.3. The molecule has 0 spiro atoms. The summed E-state index contributed by atoms with van der Waals surface area (Å²) in [6, 6.07) is 18.3. The largest absolute Gasteiger partial charge is 0.395 e. The second kappa shape index (κ2) is 10.2. The van der Waals surface area contributed by atoms with Crippen molar-refractivity contribution in [3.8, 4) is 0 Å². The topological polar surface area (TPSA) is 60.9 Å². The van der Waals surface area contributed by atoms with Crippen LogP contribution in [0.15, 0.2) is 65.6 Å². The van der Waals surface area contributed by atoms with E-state index in [2.05, 4.69) is 9.80 Å². The minimum Gasteiger partial charge on any atom is -0.395 e. The van der Waals surface area contributed by atoms with Crippen molar-refractivity contribution in [1.82, 2.24) is 9.80 Å². The molecule has 1 saturated heterocycles. The average Bonchev–Trinajstić information content (AvgIpc) is 2.74. The van der Waals surface area contributed by atoms with E-state index >= 15 is 0 Å². The number of hydrogen-bond acceptors (Lipinski definition) is 5. The van der Waals surface area contributed by atoms with E-state index in [4.69, 9.17) is 5.11 Å². The van der Waals surface area contributed by atoms with Crippen LogP contribution in [0.2, 0.25) is 0 Å². The quantitative estimate of drug-likeness (QED) is 0.699. The molecule has 0 saturated carbocycles. The van der Waals surface area contributed by atoms with Gasteiger partial charge in [0.2, 0.25) is 0 Å². The molecule has 1 unspecified atom stereocenters. The van der Waals surface area contributed by atoms with E-state index in [1.165, 1.54) is 0 Å². The number of benzene rings is 2. The first-order chi connectivity index (χ1) is 13.6. The Morgan fingerprint density at radius 1 is 0.821 bits per heavy atom. The fraction of sp³-hybridized carbons (Fsp3) is 0.455. The maximum Gasteiger partial charge on any atom is 0.185 e. The van der Waals surface area contributed by atoms with E-state index in [0.29, 0.717) is 11.3 Å². The van der Waals surface area contributed by atoms with Crippen molar-refractivity contribution < 1.29 is 13.5 Å². The fourth-order valence-corrected chi connectivity index (χ4v) is 5.68. The van der Waals surface area contributed by atoms with Gasteiger partial charge in [-0.1, -0.05) is 48.5 Å². The highest BCUT2D eigenvalue weighted by molar-refractivity contribution is 7.91. The van der Waals surface area contributed by atoms with Crippen LogP contribution in [0.5, 0.6) is 0 Å². The van der Waals surface area contributed by atoms with Gasteiger partial charge in [0.1, 0.15) is 0 Å². The number of β-amino-alcohol motifs (C(OH)–C–C–N with tert-alkyl or cyclic N) is 1. The molecular formula is C22H30N2O3S. The van der Waals surface area contributed by atoms with Crippen LogP contribution in [0.25, 0.3) is 0 Å². The van der Waals surface area contributed by atoms with Crippen LogP contribution >= 0.6 is 0 Å². The number of rotatable bonds is 9. The molecule has 0 amide bonds. The first kappa shape index (κ1) is 21.0. The molecule has 5 nitrogen and oxygen atoms in total. The summed E-state index contributed by atoms with van der Waals surface area (Å²) in [6.07, 6.45) is 1.45. The summed E-state index contributed by atoms with van der Waals surface area (Å²) in [5, 5.41) is 8.53. The molecule has 28 heavy (non-hydrogen) atoms. The predicted octanol–water partition coefficient (Wildman–Crippen LogP) is 2.59. The molecule has 6 heteroatoms. The van der Waals surface area contributed by atoms with Gasteiger partial charge < -0.3 is 10.0 Å². The Labute approximate surface area is 168 Å². The maximum absolute atomic E-state index is 13.3. The zero-order valence-corrected chi connectivity index (χ0v) is 17.1. The third-order valence-corrected chi connectivity index (χ3v) is 7.63. The van der Waals surface area contributed by atoms with Crippen molar-refractivity contribution in [1.29, 1.82) is 0 Å². The second-order valence-electron chi connectivity index (χ2n) is 7.31. The van der Waals surface area contributed by atoms with Crippen molar-refractivity contribution in [2.45, 2.75) is 23.0 Å². The van der Waals surface area contributed by atoms with Gasteiger partial charge in [0.05, 0.1) is 16.8 Å². The van der Waals surface area contributed by atoms with Crippen LogP contribution in [0.4, 0.5) is 0 Å². The molecule has 1 heterocycles. The second-order valence-corrected chi connectivity index (χ2v) is 9.44. The predicted molar refractivity (Wildman–Crippen MR) is 112 cm³/mol. The summed E-state index contributed by atoms with van der Waals surface area (Å²) in [6.45, 7) is 5.72. The number of nitrogens with zero attached hydrogens (tertiary/aromatic N) is 2. The van der Waals surface area contributed by atoms with Crippen LogP contribution < -0.4 is 0 Å². The van der Waals surface area contributed by atoms with Gasteiger partial charge in [0, 0.05) is 32.7 Å². The minimum absolute atomic E-state index is 0.204. The zero-order chi connectivity index (χ0) is 19.8. The molecule has 1 aliphatic rings. The number of sulfone groups is 1. The number of hydrogen-bond donors (Lipinski definition) is 1. The molecule has 0 radical (unpaired) electrons. The Kier molecular flexibility index (Phi) is 7.62. The highest BCUT2D eigenvalue weighted by atomic mass is 32.2. The molecule has 1 fully saturated rings. The first-order valence-corrected chi connectivity index (χ1v) is 11.6.